The summed E-state index contributed by atoms with van der Waals surface area (Å²) in [5.74, 6) is -0.946. The van der Waals surface area contributed by atoms with E-state index in [4.69, 9.17) is 15.2 Å². The van der Waals surface area contributed by atoms with Gasteiger partial charge in [0.15, 0.2) is 11.2 Å². The summed E-state index contributed by atoms with van der Waals surface area (Å²) < 4.78 is 10.4. The summed E-state index contributed by atoms with van der Waals surface area (Å²) in [6.45, 7) is 6.04. The molecule has 1 atom stereocenters. The number of nitrogens with two attached hydrogens (primary N) is 1. The van der Waals surface area contributed by atoms with Crippen molar-refractivity contribution in [3.63, 3.8) is 0 Å². The molecule has 1 aromatic carbocycles. The van der Waals surface area contributed by atoms with Crippen LogP contribution in [0.2, 0.25) is 0 Å². The minimum atomic E-state index is -1.40. The Hall–Kier alpha value is -2.25. The van der Waals surface area contributed by atoms with E-state index in [1.165, 1.54) is 0 Å². The van der Waals surface area contributed by atoms with Gasteiger partial charge in [-0.3, -0.25) is 0 Å². The van der Waals surface area contributed by atoms with Crippen molar-refractivity contribution < 1.29 is 19.1 Å². The highest BCUT2D eigenvalue weighted by molar-refractivity contribution is 7.10. The summed E-state index contributed by atoms with van der Waals surface area (Å²) in [6, 6.07) is 9.38. The third kappa shape index (κ3) is 4.89. The standard InChI is InChI=1S/C19H24N2O4S/c1-4-24-16(22)15-12-26-17(21-15)19(20,10-13(2)3)18(23)25-11-14-8-6-5-7-9-14/h5-9,12-13H,4,10-11,20H2,1-3H3. The molecule has 0 aliphatic carbocycles. The molecule has 1 heterocycles. The van der Waals surface area contributed by atoms with Crippen molar-refractivity contribution >= 4 is 23.3 Å². The number of aromatic nitrogens is 1. The third-order valence-electron chi connectivity index (χ3n) is 3.68. The summed E-state index contributed by atoms with van der Waals surface area (Å²) in [5, 5.41) is 1.91. The zero-order valence-corrected chi connectivity index (χ0v) is 16.0. The van der Waals surface area contributed by atoms with Crippen LogP contribution in [0.25, 0.3) is 0 Å². The molecule has 2 N–H and O–H groups in total. The van der Waals surface area contributed by atoms with Crippen molar-refractivity contribution in [3.05, 3.63) is 52.0 Å². The normalized spacial score (nSPS) is 13.3. The lowest BCUT2D eigenvalue weighted by Crippen LogP contribution is -2.47. The molecule has 2 aromatic rings. The van der Waals surface area contributed by atoms with E-state index in [0.717, 1.165) is 16.9 Å². The first-order chi connectivity index (χ1) is 12.4. The van der Waals surface area contributed by atoms with Crippen LogP contribution in [0.4, 0.5) is 0 Å². The molecular formula is C19H24N2O4S. The van der Waals surface area contributed by atoms with Gasteiger partial charge in [-0.2, -0.15) is 0 Å². The van der Waals surface area contributed by atoms with Crippen LogP contribution in [-0.2, 0) is 26.4 Å². The van der Waals surface area contributed by atoms with Gasteiger partial charge in [-0.25, -0.2) is 14.6 Å². The first kappa shape index (κ1) is 20.1. The molecule has 140 valence electrons. The molecule has 0 radical (unpaired) electrons. The number of benzene rings is 1. The molecular weight excluding hydrogens is 352 g/mol. The van der Waals surface area contributed by atoms with E-state index in [2.05, 4.69) is 4.98 Å². The van der Waals surface area contributed by atoms with Crippen molar-refractivity contribution in [3.8, 4) is 0 Å². The van der Waals surface area contributed by atoms with Gasteiger partial charge in [0.25, 0.3) is 0 Å². The van der Waals surface area contributed by atoms with E-state index in [-0.39, 0.29) is 24.8 Å². The van der Waals surface area contributed by atoms with Gasteiger partial charge in [0.2, 0.25) is 0 Å². The van der Waals surface area contributed by atoms with Gasteiger partial charge in [0, 0.05) is 5.38 Å². The van der Waals surface area contributed by atoms with E-state index >= 15 is 0 Å². The average molecular weight is 376 g/mol. The van der Waals surface area contributed by atoms with Gasteiger partial charge < -0.3 is 15.2 Å². The monoisotopic (exact) mass is 376 g/mol. The van der Waals surface area contributed by atoms with Crippen molar-refractivity contribution in [2.45, 2.75) is 39.3 Å². The number of carbonyl (C=O) groups excluding carboxylic acids is 2. The zero-order valence-electron chi connectivity index (χ0n) is 15.2. The van der Waals surface area contributed by atoms with Gasteiger partial charge in [-0.05, 0) is 24.8 Å². The molecule has 26 heavy (non-hydrogen) atoms. The maximum absolute atomic E-state index is 12.8. The van der Waals surface area contributed by atoms with Crippen molar-refractivity contribution in [1.82, 2.24) is 4.98 Å². The average Bonchev–Trinajstić information content (AvgIpc) is 3.11. The Labute approximate surface area is 157 Å². The maximum atomic E-state index is 12.8. The lowest BCUT2D eigenvalue weighted by Gasteiger charge is -2.26. The number of ether oxygens (including phenoxy) is 2. The van der Waals surface area contributed by atoms with Crippen molar-refractivity contribution in [2.75, 3.05) is 6.61 Å². The molecule has 1 aromatic heterocycles. The van der Waals surface area contributed by atoms with Crippen LogP contribution in [0.3, 0.4) is 0 Å². The molecule has 0 saturated heterocycles. The highest BCUT2D eigenvalue weighted by Crippen LogP contribution is 2.31. The molecule has 2 rings (SSSR count). The molecule has 0 spiro atoms. The first-order valence-electron chi connectivity index (χ1n) is 8.50. The van der Waals surface area contributed by atoms with Crippen LogP contribution in [0, 0.1) is 5.92 Å². The summed E-state index contributed by atoms with van der Waals surface area (Å²) in [5.41, 5.74) is 6.06. The van der Waals surface area contributed by atoms with Crippen molar-refractivity contribution in [1.29, 1.82) is 0 Å². The molecule has 0 saturated carbocycles. The van der Waals surface area contributed by atoms with E-state index in [0.29, 0.717) is 11.4 Å². The predicted molar refractivity (Wildman–Crippen MR) is 99.6 cm³/mol. The van der Waals surface area contributed by atoms with E-state index in [9.17, 15) is 9.59 Å². The SMILES string of the molecule is CCOC(=O)c1csc(C(N)(CC(C)C)C(=O)OCc2ccccc2)n1. The van der Waals surface area contributed by atoms with Crippen LogP contribution in [0.15, 0.2) is 35.7 Å². The van der Waals surface area contributed by atoms with Gasteiger partial charge in [-0.1, -0.05) is 44.2 Å². The fourth-order valence-electron chi connectivity index (χ4n) is 2.53. The molecule has 0 fully saturated rings. The summed E-state index contributed by atoms with van der Waals surface area (Å²) in [4.78, 5) is 28.9. The number of thiazole rings is 1. The highest BCUT2D eigenvalue weighted by Gasteiger charge is 2.41. The molecule has 1 unspecified atom stereocenters. The van der Waals surface area contributed by atoms with Crippen LogP contribution < -0.4 is 5.73 Å². The lowest BCUT2D eigenvalue weighted by atomic mass is 9.90. The summed E-state index contributed by atoms with van der Waals surface area (Å²) in [7, 11) is 0. The summed E-state index contributed by atoms with van der Waals surface area (Å²) in [6.07, 6.45) is 0.358. The second-order valence-electron chi connectivity index (χ2n) is 6.39. The smallest absolute Gasteiger partial charge is 0.357 e. The number of nitrogens with zero attached hydrogens (tertiary/aromatic N) is 1. The maximum Gasteiger partial charge on any atom is 0.357 e. The van der Waals surface area contributed by atoms with Gasteiger partial charge in [0.1, 0.15) is 11.6 Å². The van der Waals surface area contributed by atoms with E-state index in [1.54, 1.807) is 12.3 Å². The topological polar surface area (TPSA) is 91.5 Å². The van der Waals surface area contributed by atoms with Gasteiger partial charge in [-0.15, -0.1) is 11.3 Å². The Balaban J connectivity index is 2.21. The quantitative estimate of drug-likeness (QED) is 0.711. The molecule has 0 aliphatic heterocycles. The number of hydrogen-bond donors (Lipinski definition) is 1. The number of esters is 2. The second kappa shape index (κ2) is 8.91. The number of carbonyl (C=O) groups is 2. The van der Waals surface area contributed by atoms with Crippen molar-refractivity contribution in [2.24, 2.45) is 11.7 Å². The zero-order chi connectivity index (χ0) is 19.2. The van der Waals surface area contributed by atoms with Crippen LogP contribution in [0.5, 0.6) is 0 Å². The minimum Gasteiger partial charge on any atom is -0.461 e. The molecule has 7 heteroatoms. The van der Waals surface area contributed by atoms with Crippen LogP contribution in [-0.4, -0.2) is 23.5 Å². The highest BCUT2D eigenvalue weighted by atomic mass is 32.1. The van der Waals surface area contributed by atoms with E-state index < -0.39 is 17.5 Å². The second-order valence-corrected chi connectivity index (χ2v) is 7.25. The third-order valence-corrected chi connectivity index (χ3v) is 4.70. The fraction of sp³-hybridized carbons (Fsp3) is 0.421. The first-order valence-corrected chi connectivity index (χ1v) is 9.38. The molecule has 0 aliphatic rings. The molecule has 0 bridgehead atoms. The van der Waals surface area contributed by atoms with Gasteiger partial charge >= 0.3 is 11.9 Å². The summed E-state index contributed by atoms with van der Waals surface area (Å²) >= 11 is 1.16. The number of hydrogen-bond acceptors (Lipinski definition) is 7. The van der Waals surface area contributed by atoms with Crippen LogP contribution >= 0.6 is 11.3 Å². The predicted octanol–water partition coefficient (Wildman–Crippen LogP) is 3.26. The Bertz CT molecular complexity index is 745. The molecule has 0 amide bonds. The Kier molecular flexibility index (Phi) is 6.88. The Morgan fingerprint density at radius 2 is 1.92 bits per heavy atom. The minimum absolute atomic E-state index is 0.132. The van der Waals surface area contributed by atoms with E-state index in [1.807, 2.05) is 44.2 Å². The number of rotatable bonds is 8. The Morgan fingerprint density at radius 3 is 2.54 bits per heavy atom. The lowest BCUT2D eigenvalue weighted by molar-refractivity contribution is -0.152. The van der Waals surface area contributed by atoms with Crippen LogP contribution in [0.1, 0.15) is 48.3 Å². The van der Waals surface area contributed by atoms with Gasteiger partial charge in [0.05, 0.1) is 6.61 Å². The Morgan fingerprint density at radius 1 is 1.23 bits per heavy atom. The molecule has 6 nitrogen and oxygen atoms in total. The fourth-order valence-corrected chi connectivity index (χ4v) is 3.43. The largest absolute Gasteiger partial charge is 0.461 e.